The Bertz CT molecular complexity index is 809. The largest absolute Gasteiger partial charge is 0.360 e. The molecule has 1 fully saturated rings. The molecule has 1 amide bonds. The zero-order valence-corrected chi connectivity index (χ0v) is 12.7. The molecule has 0 unspecified atom stereocenters. The van der Waals surface area contributed by atoms with Crippen LogP contribution in [0.1, 0.15) is 29.0 Å². The molecule has 1 heterocycles. The number of benzene rings is 1. The Hall–Kier alpha value is -2.19. The second kappa shape index (κ2) is 5.54. The van der Waals surface area contributed by atoms with Crippen LogP contribution in [0.4, 0.5) is 5.82 Å². The topological polar surface area (TPSA) is 101 Å². The minimum absolute atomic E-state index is 0.0144. The van der Waals surface area contributed by atoms with Crippen molar-refractivity contribution in [1.82, 2.24) is 9.88 Å². The summed E-state index contributed by atoms with van der Waals surface area (Å²) in [5.41, 5.74) is 0.235. The summed E-state index contributed by atoms with van der Waals surface area (Å²) < 4.78 is 31.7. The molecule has 116 valence electrons. The second-order valence-electron chi connectivity index (χ2n) is 5.20. The maximum atomic E-state index is 12.1. The van der Waals surface area contributed by atoms with Crippen molar-refractivity contribution in [1.29, 1.82) is 0 Å². The number of carbonyl (C=O) groups excluding carboxylic acids is 1. The van der Waals surface area contributed by atoms with E-state index >= 15 is 0 Å². The van der Waals surface area contributed by atoms with Crippen molar-refractivity contribution in [2.75, 3.05) is 5.32 Å². The van der Waals surface area contributed by atoms with E-state index in [0.29, 0.717) is 5.76 Å². The van der Waals surface area contributed by atoms with E-state index in [1.165, 1.54) is 18.2 Å². The summed E-state index contributed by atoms with van der Waals surface area (Å²) in [5.74, 6) is 0.406. The van der Waals surface area contributed by atoms with Crippen molar-refractivity contribution in [2.24, 2.45) is 0 Å². The molecule has 0 aliphatic heterocycles. The first-order valence-electron chi connectivity index (χ1n) is 6.81. The minimum Gasteiger partial charge on any atom is -0.360 e. The molecule has 0 bridgehead atoms. The number of nitrogens with one attached hydrogen (secondary N) is 2. The highest BCUT2D eigenvalue weighted by molar-refractivity contribution is 7.89. The highest BCUT2D eigenvalue weighted by atomic mass is 32.2. The highest BCUT2D eigenvalue weighted by Crippen LogP contribution is 2.22. The average Bonchev–Trinajstić information content (AvgIpc) is 3.19. The summed E-state index contributed by atoms with van der Waals surface area (Å²) in [6.45, 7) is 1.71. The van der Waals surface area contributed by atoms with Gasteiger partial charge in [-0.3, -0.25) is 4.79 Å². The van der Waals surface area contributed by atoms with E-state index in [4.69, 9.17) is 4.52 Å². The summed E-state index contributed by atoms with van der Waals surface area (Å²) in [4.78, 5) is 12.2. The van der Waals surface area contributed by atoms with Crippen LogP contribution >= 0.6 is 0 Å². The van der Waals surface area contributed by atoms with Gasteiger partial charge in [-0.15, -0.1) is 0 Å². The lowest BCUT2D eigenvalue weighted by molar-refractivity contribution is 0.102. The third kappa shape index (κ3) is 3.34. The Morgan fingerprint density at radius 1 is 1.32 bits per heavy atom. The molecular formula is C14H15N3O4S. The maximum Gasteiger partial charge on any atom is 0.256 e. The summed E-state index contributed by atoms with van der Waals surface area (Å²) in [5, 5.41) is 6.21. The Balaban J connectivity index is 1.79. The number of amides is 1. The van der Waals surface area contributed by atoms with E-state index in [-0.39, 0.29) is 22.3 Å². The van der Waals surface area contributed by atoms with Crippen LogP contribution in [0.5, 0.6) is 0 Å². The summed E-state index contributed by atoms with van der Waals surface area (Å²) in [6, 6.07) is 7.46. The van der Waals surface area contributed by atoms with E-state index in [1.54, 1.807) is 19.1 Å². The molecule has 0 saturated heterocycles. The normalized spacial score (nSPS) is 14.8. The van der Waals surface area contributed by atoms with Gasteiger partial charge in [-0.05, 0) is 38.0 Å². The fourth-order valence-electron chi connectivity index (χ4n) is 1.91. The predicted octanol–water partition coefficient (Wildman–Crippen LogP) is 1.68. The van der Waals surface area contributed by atoms with Crippen molar-refractivity contribution in [3.63, 3.8) is 0 Å². The Labute approximate surface area is 127 Å². The molecule has 1 aromatic carbocycles. The first-order chi connectivity index (χ1) is 10.4. The lowest BCUT2D eigenvalue weighted by Gasteiger charge is -2.07. The summed E-state index contributed by atoms with van der Waals surface area (Å²) in [6.07, 6.45) is 1.70. The van der Waals surface area contributed by atoms with Gasteiger partial charge in [-0.2, -0.15) is 0 Å². The number of aromatic nitrogens is 1. The number of hydrogen-bond acceptors (Lipinski definition) is 5. The third-order valence-corrected chi connectivity index (χ3v) is 4.69. The summed E-state index contributed by atoms with van der Waals surface area (Å²) in [7, 11) is -3.59. The number of rotatable bonds is 5. The van der Waals surface area contributed by atoms with Crippen LogP contribution < -0.4 is 10.0 Å². The molecule has 1 aliphatic rings. The van der Waals surface area contributed by atoms with Crippen molar-refractivity contribution < 1.29 is 17.7 Å². The van der Waals surface area contributed by atoms with Gasteiger partial charge in [0.2, 0.25) is 10.0 Å². The Morgan fingerprint density at radius 3 is 2.73 bits per heavy atom. The summed E-state index contributed by atoms with van der Waals surface area (Å²) >= 11 is 0. The third-order valence-electron chi connectivity index (χ3n) is 3.18. The molecule has 0 radical (unpaired) electrons. The van der Waals surface area contributed by atoms with Gasteiger partial charge in [0.05, 0.1) is 4.90 Å². The van der Waals surface area contributed by atoms with Crippen molar-refractivity contribution in [2.45, 2.75) is 30.7 Å². The molecule has 1 aromatic heterocycles. The lowest BCUT2D eigenvalue weighted by Crippen LogP contribution is -2.26. The molecule has 22 heavy (non-hydrogen) atoms. The quantitative estimate of drug-likeness (QED) is 0.872. The van der Waals surface area contributed by atoms with Gasteiger partial charge in [0.25, 0.3) is 5.91 Å². The van der Waals surface area contributed by atoms with E-state index in [1.807, 2.05) is 0 Å². The van der Waals surface area contributed by atoms with Gasteiger partial charge in [0.1, 0.15) is 5.76 Å². The SMILES string of the molecule is Cc1cc(NC(=O)c2cccc(S(=O)(=O)NC3CC3)c2)no1. The molecule has 3 rings (SSSR count). The molecular weight excluding hydrogens is 306 g/mol. The fourth-order valence-corrected chi connectivity index (χ4v) is 3.26. The molecule has 0 atom stereocenters. The van der Waals surface area contributed by atoms with Gasteiger partial charge >= 0.3 is 0 Å². The maximum absolute atomic E-state index is 12.1. The van der Waals surface area contributed by atoms with Crippen LogP contribution in [0.25, 0.3) is 0 Å². The van der Waals surface area contributed by atoms with Gasteiger partial charge in [0, 0.05) is 17.7 Å². The van der Waals surface area contributed by atoms with Crippen LogP contribution in [0.2, 0.25) is 0 Å². The smallest absolute Gasteiger partial charge is 0.256 e. The number of anilines is 1. The number of nitrogens with zero attached hydrogens (tertiary/aromatic N) is 1. The fraction of sp³-hybridized carbons (Fsp3) is 0.286. The standard InChI is InChI=1S/C14H15N3O4S/c1-9-7-13(16-21-9)15-14(18)10-3-2-4-12(8-10)22(19,20)17-11-5-6-11/h2-4,7-8,11,17H,5-6H2,1H3,(H,15,16,18). The average molecular weight is 321 g/mol. The molecule has 2 N–H and O–H groups in total. The molecule has 7 nitrogen and oxygen atoms in total. The van der Waals surface area contributed by atoms with Crippen LogP contribution in [0.3, 0.4) is 0 Å². The monoisotopic (exact) mass is 321 g/mol. The van der Waals surface area contributed by atoms with Gasteiger partial charge in [-0.25, -0.2) is 13.1 Å². The second-order valence-corrected chi connectivity index (χ2v) is 6.91. The Kier molecular flexibility index (Phi) is 3.71. The molecule has 0 spiro atoms. The first kappa shape index (κ1) is 14.7. The van der Waals surface area contributed by atoms with E-state index < -0.39 is 15.9 Å². The zero-order valence-electron chi connectivity index (χ0n) is 11.9. The molecule has 1 aliphatic carbocycles. The van der Waals surface area contributed by atoms with Gasteiger partial charge < -0.3 is 9.84 Å². The zero-order chi connectivity index (χ0) is 15.7. The number of hydrogen-bond donors (Lipinski definition) is 2. The van der Waals surface area contributed by atoms with Gasteiger partial charge in [-0.1, -0.05) is 11.2 Å². The molecule has 2 aromatic rings. The van der Waals surface area contributed by atoms with E-state index in [0.717, 1.165) is 12.8 Å². The predicted molar refractivity (Wildman–Crippen MR) is 79.0 cm³/mol. The highest BCUT2D eigenvalue weighted by Gasteiger charge is 2.28. The van der Waals surface area contributed by atoms with Crippen LogP contribution in [0, 0.1) is 6.92 Å². The van der Waals surface area contributed by atoms with Gasteiger partial charge in [0.15, 0.2) is 5.82 Å². The first-order valence-corrected chi connectivity index (χ1v) is 8.29. The van der Waals surface area contributed by atoms with Crippen molar-refractivity contribution in [3.05, 3.63) is 41.7 Å². The van der Waals surface area contributed by atoms with Crippen LogP contribution in [-0.2, 0) is 10.0 Å². The number of aryl methyl sites for hydroxylation is 1. The van der Waals surface area contributed by atoms with Crippen LogP contribution in [0.15, 0.2) is 39.8 Å². The number of carbonyl (C=O) groups is 1. The Morgan fingerprint density at radius 2 is 2.09 bits per heavy atom. The van der Waals surface area contributed by atoms with Crippen molar-refractivity contribution >= 4 is 21.7 Å². The van der Waals surface area contributed by atoms with E-state index in [9.17, 15) is 13.2 Å². The lowest BCUT2D eigenvalue weighted by atomic mass is 10.2. The van der Waals surface area contributed by atoms with Crippen molar-refractivity contribution in [3.8, 4) is 0 Å². The number of sulfonamides is 1. The van der Waals surface area contributed by atoms with E-state index in [2.05, 4.69) is 15.2 Å². The minimum atomic E-state index is -3.59. The molecule has 8 heteroatoms. The van der Waals surface area contributed by atoms with Crippen LogP contribution in [-0.4, -0.2) is 25.5 Å². The molecule has 1 saturated carbocycles.